The van der Waals surface area contributed by atoms with Crippen LogP contribution in [0.15, 0.2) is 51.6 Å². The van der Waals surface area contributed by atoms with E-state index in [-0.39, 0.29) is 5.84 Å². The third-order valence-corrected chi connectivity index (χ3v) is 3.32. The van der Waals surface area contributed by atoms with Crippen molar-refractivity contribution in [3.8, 4) is 0 Å². The molecule has 0 amide bonds. The summed E-state index contributed by atoms with van der Waals surface area (Å²) in [6, 6.07) is 5.11. The third kappa shape index (κ3) is 3.00. The van der Waals surface area contributed by atoms with Gasteiger partial charge in [0.1, 0.15) is 0 Å². The average Bonchev–Trinajstić information content (AvgIpc) is 2.43. The maximum atomic E-state index is 13.1. The zero-order valence-corrected chi connectivity index (χ0v) is 10.4. The third-order valence-electron chi connectivity index (χ3n) is 2.29. The molecule has 0 aliphatic heterocycles. The molecule has 1 heterocycles. The van der Waals surface area contributed by atoms with Crippen LogP contribution in [-0.4, -0.2) is 16.0 Å². The number of halogens is 2. The molecule has 0 saturated carbocycles. The van der Waals surface area contributed by atoms with Crippen molar-refractivity contribution >= 4 is 17.6 Å². The molecular formula is C12H9F2N3OS. The highest BCUT2D eigenvalue weighted by atomic mass is 32.2. The Labute approximate surface area is 112 Å². The molecule has 3 N–H and O–H groups in total. The maximum Gasteiger partial charge on any atom is 0.171 e. The number of aromatic nitrogens is 1. The number of nitrogens with two attached hydrogens (primary N) is 1. The van der Waals surface area contributed by atoms with Crippen molar-refractivity contribution < 1.29 is 14.0 Å². The smallest absolute Gasteiger partial charge is 0.171 e. The first-order chi connectivity index (χ1) is 9.11. The number of hydrogen-bond donors (Lipinski definition) is 2. The lowest BCUT2D eigenvalue weighted by Crippen LogP contribution is -2.14. The van der Waals surface area contributed by atoms with E-state index in [9.17, 15) is 8.78 Å². The molecule has 0 unspecified atom stereocenters. The van der Waals surface area contributed by atoms with E-state index < -0.39 is 11.6 Å². The molecule has 0 atom stereocenters. The summed E-state index contributed by atoms with van der Waals surface area (Å²) in [5, 5.41) is 11.6. The normalized spacial score (nSPS) is 11.6. The van der Waals surface area contributed by atoms with Gasteiger partial charge in [-0.1, -0.05) is 16.9 Å². The Bertz CT molecular complexity index is 634. The summed E-state index contributed by atoms with van der Waals surface area (Å²) < 4.78 is 25.9. The van der Waals surface area contributed by atoms with Gasteiger partial charge in [0.05, 0.1) is 0 Å². The molecule has 2 aromatic rings. The van der Waals surface area contributed by atoms with Gasteiger partial charge in [0, 0.05) is 27.7 Å². The largest absolute Gasteiger partial charge is 0.409 e. The zero-order chi connectivity index (χ0) is 13.8. The molecule has 0 aliphatic carbocycles. The van der Waals surface area contributed by atoms with E-state index in [0.717, 1.165) is 23.9 Å². The molecule has 0 aliphatic rings. The van der Waals surface area contributed by atoms with Crippen LogP contribution in [0.3, 0.4) is 0 Å². The SMILES string of the molecule is N/C(=N\O)c1ccncc1Sc1ccc(F)c(F)c1. The molecule has 7 heteroatoms. The number of amidine groups is 1. The molecule has 0 spiro atoms. The van der Waals surface area contributed by atoms with Crippen molar-refractivity contribution in [2.75, 3.05) is 0 Å². The van der Waals surface area contributed by atoms with Gasteiger partial charge in [0.15, 0.2) is 17.5 Å². The number of nitrogens with zero attached hydrogens (tertiary/aromatic N) is 2. The summed E-state index contributed by atoms with van der Waals surface area (Å²) >= 11 is 1.14. The molecule has 0 radical (unpaired) electrons. The van der Waals surface area contributed by atoms with E-state index in [1.54, 1.807) is 6.07 Å². The molecule has 1 aromatic heterocycles. The van der Waals surface area contributed by atoms with Gasteiger partial charge in [-0.15, -0.1) is 0 Å². The minimum atomic E-state index is -0.931. The minimum absolute atomic E-state index is 0.0764. The van der Waals surface area contributed by atoms with E-state index in [0.29, 0.717) is 15.4 Å². The van der Waals surface area contributed by atoms with Gasteiger partial charge < -0.3 is 10.9 Å². The Morgan fingerprint density at radius 3 is 2.74 bits per heavy atom. The minimum Gasteiger partial charge on any atom is -0.409 e. The Hall–Kier alpha value is -2.15. The second-order valence-corrected chi connectivity index (χ2v) is 4.65. The molecule has 98 valence electrons. The fourth-order valence-corrected chi connectivity index (χ4v) is 2.34. The van der Waals surface area contributed by atoms with Gasteiger partial charge in [0.2, 0.25) is 0 Å². The topological polar surface area (TPSA) is 71.5 Å². The van der Waals surface area contributed by atoms with Crippen LogP contribution in [0.1, 0.15) is 5.56 Å². The summed E-state index contributed by atoms with van der Waals surface area (Å²) in [7, 11) is 0. The van der Waals surface area contributed by atoms with E-state index in [2.05, 4.69) is 10.1 Å². The molecule has 0 bridgehead atoms. The summed E-state index contributed by atoms with van der Waals surface area (Å²) in [6.45, 7) is 0. The second kappa shape index (κ2) is 5.66. The molecule has 1 aromatic carbocycles. The van der Waals surface area contributed by atoms with Crippen molar-refractivity contribution in [3.63, 3.8) is 0 Å². The number of rotatable bonds is 3. The predicted octanol–water partition coefficient (Wildman–Crippen LogP) is 2.61. The fourth-order valence-electron chi connectivity index (χ4n) is 1.39. The monoisotopic (exact) mass is 281 g/mol. The highest BCUT2D eigenvalue weighted by molar-refractivity contribution is 7.99. The number of oxime groups is 1. The average molecular weight is 281 g/mol. The quantitative estimate of drug-likeness (QED) is 0.392. The summed E-state index contributed by atoms with van der Waals surface area (Å²) in [5.41, 5.74) is 5.99. The van der Waals surface area contributed by atoms with Crippen molar-refractivity contribution in [2.24, 2.45) is 10.9 Å². The van der Waals surface area contributed by atoms with E-state index in [1.165, 1.54) is 18.5 Å². The van der Waals surface area contributed by atoms with E-state index in [4.69, 9.17) is 10.9 Å². The molecule has 0 saturated heterocycles. The zero-order valence-electron chi connectivity index (χ0n) is 9.55. The lowest BCUT2D eigenvalue weighted by molar-refractivity contribution is 0.318. The van der Waals surface area contributed by atoms with Crippen LogP contribution in [0, 0.1) is 11.6 Å². The number of benzene rings is 1. The van der Waals surface area contributed by atoms with Crippen molar-refractivity contribution in [2.45, 2.75) is 9.79 Å². The Morgan fingerprint density at radius 1 is 1.26 bits per heavy atom. The van der Waals surface area contributed by atoms with Crippen LogP contribution in [0.4, 0.5) is 8.78 Å². The van der Waals surface area contributed by atoms with Crippen LogP contribution in [-0.2, 0) is 0 Å². The van der Waals surface area contributed by atoms with Gasteiger partial charge in [-0.05, 0) is 24.3 Å². The van der Waals surface area contributed by atoms with Crippen LogP contribution in [0.25, 0.3) is 0 Å². The predicted molar refractivity (Wildman–Crippen MR) is 67.2 cm³/mol. The summed E-state index contributed by atoms with van der Waals surface area (Å²) in [5.74, 6) is -1.92. The molecule has 19 heavy (non-hydrogen) atoms. The summed E-state index contributed by atoms with van der Waals surface area (Å²) in [6.07, 6.45) is 2.99. The van der Waals surface area contributed by atoms with Crippen molar-refractivity contribution in [1.82, 2.24) is 4.98 Å². The first-order valence-electron chi connectivity index (χ1n) is 5.16. The molecule has 2 rings (SSSR count). The highest BCUT2D eigenvalue weighted by Crippen LogP contribution is 2.30. The number of pyridine rings is 1. The second-order valence-electron chi connectivity index (χ2n) is 3.54. The first kappa shape index (κ1) is 13.3. The molecule has 4 nitrogen and oxygen atoms in total. The van der Waals surface area contributed by atoms with E-state index in [1.807, 2.05) is 0 Å². The Morgan fingerprint density at radius 2 is 2.05 bits per heavy atom. The lowest BCUT2D eigenvalue weighted by atomic mass is 10.2. The highest BCUT2D eigenvalue weighted by Gasteiger charge is 2.10. The van der Waals surface area contributed by atoms with Gasteiger partial charge in [-0.3, -0.25) is 4.98 Å². The maximum absolute atomic E-state index is 13.1. The Kier molecular flexibility index (Phi) is 3.96. The molecule has 0 fully saturated rings. The van der Waals surface area contributed by atoms with Crippen molar-refractivity contribution in [3.05, 3.63) is 53.9 Å². The lowest BCUT2D eigenvalue weighted by Gasteiger charge is -2.07. The standard InChI is InChI=1S/C12H9F2N3OS/c13-9-2-1-7(5-10(9)14)19-11-6-16-4-3-8(11)12(15)17-18/h1-6,18H,(H2,15,17). The van der Waals surface area contributed by atoms with Crippen LogP contribution < -0.4 is 5.73 Å². The fraction of sp³-hybridized carbons (Fsp3) is 0. The van der Waals surface area contributed by atoms with Gasteiger partial charge in [-0.2, -0.15) is 0 Å². The number of hydrogen-bond acceptors (Lipinski definition) is 4. The Balaban J connectivity index is 2.35. The van der Waals surface area contributed by atoms with Gasteiger partial charge in [-0.25, -0.2) is 8.78 Å². The van der Waals surface area contributed by atoms with E-state index >= 15 is 0 Å². The molecular weight excluding hydrogens is 272 g/mol. The van der Waals surface area contributed by atoms with Crippen LogP contribution in [0.5, 0.6) is 0 Å². The summed E-state index contributed by atoms with van der Waals surface area (Å²) in [4.78, 5) is 4.98. The van der Waals surface area contributed by atoms with Gasteiger partial charge in [0.25, 0.3) is 0 Å². The van der Waals surface area contributed by atoms with Gasteiger partial charge >= 0.3 is 0 Å². The first-order valence-corrected chi connectivity index (χ1v) is 5.98. The van der Waals surface area contributed by atoms with Crippen LogP contribution >= 0.6 is 11.8 Å². The van der Waals surface area contributed by atoms with Crippen LogP contribution in [0.2, 0.25) is 0 Å². The van der Waals surface area contributed by atoms with Crippen molar-refractivity contribution in [1.29, 1.82) is 0 Å².